The standard InChI is InChI=1S/C22H40N4O2/c1-5-22(17-27-6-2)9-7-18(8-10-22)21-19(15-25(4)12-11-23-3)24-26-13-14-28-16-20(21)26/h18,23H,5-17H2,1-4H3/t18-,22-. The van der Waals surface area contributed by atoms with E-state index in [0.29, 0.717) is 11.3 Å². The highest BCUT2D eigenvalue weighted by atomic mass is 16.5. The second kappa shape index (κ2) is 10.2. The zero-order valence-electron chi connectivity index (χ0n) is 18.4. The molecule has 0 saturated heterocycles. The Morgan fingerprint density at radius 1 is 1.32 bits per heavy atom. The molecule has 2 aliphatic rings. The SMILES string of the molecule is CCOC[C@]1(CC)CC[C@@H](c2c(CN(C)CCNC)nn3c2COCC3)CC1. The topological polar surface area (TPSA) is 51.5 Å². The van der Waals surface area contributed by atoms with Gasteiger partial charge in [0.2, 0.25) is 0 Å². The highest BCUT2D eigenvalue weighted by Crippen LogP contribution is 2.47. The van der Waals surface area contributed by atoms with Gasteiger partial charge < -0.3 is 14.8 Å². The lowest BCUT2D eigenvalue weighted by molar-refractivity contribution is 0.0189. The van der Waals surface area contributed by atoms with E-state index in [1.807, 2.05) is 7.05 Å². The average molecular weight is 393 g/mol. The van der Waals surface area contributed by atoms with Crippen LogP contribution in [-0.4, -0.2) is 61.7 Å². The van der Waals surface area contributed by atoms with Gasteiger partial charge in [0.25, 0.3) is 0 Å². The largest absolute Gasteiger partial charge is 0.381 e. The lowest BCUT2D eigenvalue weighted by atomic mass is 9.67. The summed E-state index contributed by atoms with van der Waals surface area (Å²) in [6.45, 7) is 11.5. The predicted octanol–water partition coefficient (Wildman–Crippen LogP) is 3.16. The van der Waals surface area contributed by atoms with E-state index in [2.05, 4.69) is 35.8 Å². The van der Waals surface area contributed by atoms with Crippen molar-refractivity contribution in [2.24, 2.45) is 5.41 Å². The van der Waals surface area contributed by atoms with Crippen molar-refractivity contribution in [3.05, 3.63) is 17.0 Å². The number of fused-ring (bicyclic) bond motifs is 1. The second-order valence-electron chi connectivity index (χ2n) is 8.69. The quantitative estimate of drug-likeness (QED) is 0.663. The van der Waals surface area contributed by atoms with E-state index in [0.717, 1.165) is 52.6 Å². The van der Waals surface area contributed by atoms with Crippen LogP contribution in [0, 0.1) is 5.41 Å². The molecule has 1 saturated carbocycles. The van der Waals surface area contributed by atoms with Gasteiger partial charge in [0.15, 0.2) is 0 Å². The van der Waals surface area contributed by atoms with Crippen LogP contribution in [0.5, 0.6) is 0 Å². The Hall–Kier alpha value is -0.950. The van der Waals surface area contributed by atoms with E-state index in [1.54, 1.807) is 0 Å². The van der Waals surface area contributed by atoms with Gasteiger partial charge in [-0.05, 0) is 64.5 Å². The van der Waals surface area contributed by atoms with Crippen LogP contribution >= 0.6 is 0 Å². The molecule has 1 N–H and O–H groups in total. The third kappa shape index (κ3) is 4.96. The van der Waals surface area contributed by atoms with E-state index in [1.165, 1.54) is 49.1 Å². The third-order valence-corrected chi connectivity index (χ3v) is 6.84. The summed E-state index contributed by atoms with van der Waals surface area (Å²) in [6, 6.07) is 0. The molecule has 0 radical (unpaired) electrons. The molecule has 0 amide bonds. The Morgan fingerprint density at radius 3 is 2.79 bits per heavy atom. The summed E-state index contributed by atoms with van der Waals surface area (Å²) in [5.41, 5.74) is 4.48. The van der Waals surface area contributed by atoms with Crippen molar-refractivity contribution in [2.45, 2.75) is 71.6 Å². The van der Waals surface area contributed by atoms with E-state index < -0.39 is 0 Å². The van der Waals surface area contributed by atoms with Crippen molar-refractivity contribution >= 4 is 0 Å². The summed E-state index contributed by atoms with van der Waals surface area (Å²) in [5.74, 6) is 0.611. The molecule has 6 heteroatoms. The van der Waals surface area contributed by atoms with Crippen LogP contribution in [-0.2, 0) is 29.2 Å². The van der Waals surface area contributed by atoms with Gasteiger partial charge >= 0.3 is 0 Å². The van der Waals surface area contributed by atoms with Crippen molar-refractivity contribution in [3.63, 3.8) is 0 Å². The number of nitrogens with zero attached hydrogens (tertiary/aromatic N) is 3. The summed E-state index contributed by atoms with van der Waals surface area (Å²) >= 11 is 0. The number of hydrogen-bond donors (Lipinski definition) is 1. The number of likely N-dealkylation sites (N-methyl/N-ethyl adjacent to an activating group) is 2. The van der Waals surface area contributed by atoms with E-state index >= 15 is 0 Å². The van der Waals surface area contributed by atoms with Crippen LogP contribution in [0.15, 0.2) is 0 Å². The molecule has 160 valence electrons. The summed E-state index contributed by atoms with van der Waals surface area (Å²) in [7, 11) is 4.21. The van der Waals surface area contributed by atoms with Gasteiger partial charge in [-0.2, -0.15) is 5.10 Å². The van der Waals surface area contributed by atoms with Gasteiger partial charge in [0.1, 0.15) is 0 Å². The van der Waals surface area contributed by atoms with Crippen LogP contribution in [0.25, 0.3) is 0 Å². The highest BCUT2D eigenvalue weighted by molar-refractivity contribution is 5.31. The van der Waals surface area contributed by atoms with Gasteiger partial charge in [0, 0.05) is 31.8 Å². The summed E-state index contributed by atoms with van der Waals surface area (Å²) in [6.07, 6.45) is 6.22. The molecule has 0 bridgehead atoms. The predicted molar refractivity (Wildman–Crippen MR) is 113 cm³/mol. The first-order valence-corrected chi connectivity index (χ1v) is 11.2. The molecule has 28 heavy (non-hydrogen) atoms. The fourth-order valence-corrected chi connectivity index (χ4v) is 4.89. The monoisotopic (exact) mass is 392 g/mol. The maximum absolute atomic E-state index is 5.85. The first-order chi connectivity index (χ1) is 13.6. The Bertz CT molecular complexity index is 608. The molecule has 1 aliphatic carbocycles. The van der Waals surface area contributed by atoms with Crippen molar-refractivity contribution in [1.82, 2.24) is 20.0 Å². The maximum atomic E-state index is 5.85. The molecule has 2 heterocycles. The lowest BCUT2D eigenvalue weighted by Gasteiger charge is -2.40. The molecule has 0 atom stereocenters. The van der Waals surface area contributed by atoms with Crippen LogP contribution in [0.3, 0.4) is 0 Å². The minimum Gasteiger partial charge on any atom is -0.381 e. The molecule has 3 rings (SSSR count). The highest BCUT2D eigenvalue weighted by Gasteiger charge is 2.37. The number of hydrogen-bond acceptors (Lipinski definition) is 5. The number of aromatic nitrogens is 2. The van der Waals surface area contributed by atoms with Crippen LogP contribution in [0.4, 0.5) is 0 Å². The van der Waals surface area contributed by atoms with E-state index in [4.69, 9.17) is 14.6 Å². The fraction of sp³-hybridized carbons (Fsp3) is 0.864. The summed E-state index contributed by atoms with van der Waals surface area (Å²) < 4.78 is 13.9. The molecule has 1 aromatic rings. The van der Waals surface area contributed by atoms with Crippen LogP contribution in [0.1, 0.15) is 68.8 Å². The Morgan fingerprint density at radius 2 is 2.11 bits per heavy atom. The minimum absolute atomic E-state index is 0.375. The van der Waals surface area contributed by atoms with Crippen LogP contribution < -0.4 is 5.32 Å². The molecule has 1 aromatic heterocycles. The summed E-state index contributed by atoms with van der Waals surface area (Å²) in [5, 5.41) is 8.27. The molecule has 0 aromatic carbocycles. The zero-order valence-corrected chi connectivity index (χ0v) is 18.4. The first kappa shape index (κ1) is 21.8. The number of rotatable bonds is 10. The molecule has 0 spiro atoms. The van der Waals surface area contributed by atoms with Gasteiger partial charge in [-0.1, -0.05) is 6.92 Å². The van der Waals surface area contributed by atoms with E-state index in [9.17, 15) is 0 Å². The van der Waals surface area contributed by atoms with Crippen molar-refractivity contribution in [3.8, 4) is 0 Å². The van der Waals surface area contributed by atoms with Gasteiger partial charge in [-0.25, -0.2) is 0 Å². The first-order valence-electron chi connectivity index (χ1n) is 11.2. The van der Waals surface area contributed by atoms with Crippen molar-refractivity contribution in [1.29, 1.82) is 0 Å². The zero-order chi connectivity index (χ0) is 20.0. The fourth-order valence-electron chi connectivity index (χ4n) is 4.89. The number of nitrogens with one attached hydrogen (secondary N) is 1. The Kier molecular flexibility index (Phi) is 7.92. The molecule has 1 fully saturated rings. The maximum Gasteiger partial charge on any atom is 0.0888 e. The lowest BCUT2D eigenvalue weighted by Crippen LogP contribution is -2.32. The van der Waals surface area contributed by atoms with Gasteiger partial charge in [0.05, 0.1) is 37.8 Å². The van der Waals surface area contributed by atoms with Crippen molar-refractivity contribution < 1.29 is 9.47 Å². The normalized spacial score (nSPS) is 25.2. The smallest absolute Gasteiger partial charge is 0.0888 e. The molecule has 1 aliphatic heterocycles. The molecular weight excluding hydrogens is 352 g/mol. The van der Waals surface area contributed by atoms with Crippen molar-refractivity contribution in [2.75, 3.05) is 47.0 Å². The molecule has 0 unspecified atom stereocenters. The van der Waals surface area contributed by atoms with Gasteiger partial charge in [-0.3, -0.25) is 9.58 Å². The summed E-state index contributed by atoms with van der Waals surface area (Å²) in [4.78, 5) is 2.38. The molecular formula is C22H40N4O2. The third-order valence-electron chi connectivity index (χ3n) is 6.84. The Balaban J connectivity index is 1.76. The van der Waals surface area contributed by atoms with Crippen LogP contribution in [0.2, 0.25) is 0 Å². The Labute approximate surface area is 170 Å². The molecule has 6 nitrogen and oxygen atoms in total. The van der Waals surface area contributed by atoms with Gasteiger partial charge in [-0.15, -0.1) is 0 Å². The van der Waals surface area contributed by atoms with E-state index in [-0.39, 0.29) is 0 Å². The second-order valence-corrected chi connectivity index (χ2v) is 8.69. The minimum atomic E-state index is 0.375. The number of ether oxygens (including phenoxy) is 2. The average Bonchev–Trinajstić information content (AvgIpc) is 3.08.